The largest absolute Gasteiger partial charge is 0.380 e. The number of carbonyl (C=O) groups excluding carboxylic acids is 2. The van der Waals surface area contributed by atoms with Crippen LogP contribution >= 0.6 is 0 Å². The lowest BCUT2D eigenvalue weighted by atomic mass is 10.1. The quantitative estimate of drug-likeness (QED) is 0.597. The highest BCUT2D eigenvalue weighted by Gasteiger charge is 2.21. The van der Waals surface area contributed by atoms with E-state index in [1.807, 2.05) is 0 Å². The highest BCUT2D eigenvalue weighted by atomic mass is 32.2. The first-order valence-electron chi connectivity index (χ1n) is 9.14. The number of amides is 2. The zero-order valence-corrected chi connectivity index (χ0v) is 17.3. The molecule has 0 aliphatic carbocycles. The van der Waals surface area contributed by atoms with Gasteiger partial charge in [-0.2, -0.15) is 0 Å². The summed E-state index contributed by atoms with van der Waals surface area (Å²) >= 11 is 0. The van der Waals surface area contributed by atoms with Gasteiger partial charge in [-0.25, -0.2) is 13.1 Å². The fourth-order valence-corrected chi connectivity index (χ4v) is 3.94. The molecule has 1 aromatic heterocycles. The predicted molar refractivity (Wildman–Crippen MR) is 112 cm³/mol. The van der Waals surface area contributed by atoms with Gasteiger partial charge in [0, 0.05) is 25.2 Å². The van der Waals surface area contributed by atoms with Crippen LogP contribution in [0.5, 0.6) is 0 Å². The van der Waals surface area contributed by atoms with Crippen LogP contribution in [0.3, 0.4) is 0 Å². The number of nitrogens with zero attached hydrogens (tertiary/aromatic N) is 1. The van der Waals surface area contributed by atoms with Crippen molar-refractivity contribution < 1.29 is 22.7 Å². The van der Waals surface area contributed by atoms with Gasteiger partial charge in [-0.3, -0.25) is 14.6 Å². The van der Waals surface area contributed by atoms with E-state index in [2.05, 4.69) is 15.0 Å². The van der Waals surface area contributed by atoms with Crippen molar-refractivity contribution in [3.05, 3.63) is 72.1 Å². The number of carbonyl (C=O) groups is 2. The summed E-state index contributed by atoms with van der Waals surface area (Å²) in [4.78, 5) is 28.5. The van der Waals surface area contributed by atoms with Crippen LogP contribution in [0.15, 0.2) is 65.7 Å². The van der Waals surface area contributed by atoms with E-state index < -0.39 is 21.8 Å². The molecule has 1 heterocycles. The summed E-state index contributed by atoms with van der Waals surface area (Å²) in [6.45, 7) is 2.11. The molecule has 0 spiro atoms. The van der Waals surface area contributed by atoms with Gasteiger partial charge in [0.2, 0.25) is 0 Å². The lowest BCUT2D eigenvalue weighted by Crippen LogP contribution is -2.32. The number of benzene rings is 2. The molecule has 0 saturated carbocycles. The number of rotatable bonds is 7. The number of ether oxygens (including phenoxy) is 1. The monoisotopic (exact) mass is 427 g/mol. The molecule has 0 aliphatic heterocycles. The number of hydrogen-bond donors (Lipinski definition) is 2. The maximum absolute atomic E-state index is 12.8. The van der Waals surface area contributed by atoms with Gasteiger partial charge in [-0.15, -0.1) is 0 Å². The Kier molecular flexibility index (Phi) is 6.43. The van der Waals surface area contributed by atoms with E-state index in [9.17, 15) is 18.0 Å². The Labute approximate surface area is 174 Å². The second-order valence-electron chi connectivity index (χ2n) is 6.60. The molecule has 156 valence electrons. The summed E-state index contributed by atoms with van der Waals surface area (Å²) in [5.41, 5.74) is 0.118. The second-order valence-corrected chi connectivity index (χ2v) is 8.25. The van der Waals surface area contributed by atoms with Crippen LogP contribution < -0.4 is 10.0 Å². The van der Waals surface area contributed by atoms with Crippen molar-refractivity contribution in [1.29, 1.82) is 0 Å². The molecular formula is C21H21N3O5S. The van der Waals surface area contributed by atoms with Gasteiger partial charge in [0.1, 0.15) is 5.69 Å². The molecule has 0 aliphatic rings. The van der Waals surface area contributed by atoms with Crippen molar-refractivity contribution in [1.82, 2.24) is 15.0 Å². The Hall–Kier alpha value is -3.30. The Bertz CT molecular complexity index is 1170. The number of methoxy groups -OCH3 is 1. The summed E-state index contributed by atoms with van der Waals surface area (Å²) in [5.74, 6) is -1.26. The first-order valence-corrected chi connectivity index (χ1v) is 10.6. The molecule has 0 fully saturated rings. The number of fused-ring (bicyclic) bond motifs is 1. The molecule has 8 nitrogen and oxygen atoms in total. The van der Waals surface area contributed by atoms with Gasteiger partial charge in [-0.1, -0.05) is 36.4 Å². The average molecular weight is 427 g/mol. The van der Waals surface area contributed by atoms with E-state index in [0.29, 0.717) is 11.9 Å². The van der Waals surface area contributed by atoms with Crippen molar-refractivity contribution in [2.45, 2.75) is 17.9 Å². The van der Waals surface area contributed by atoms with E-state index in [-0.39, 0.29) is 22.3 Å². The van der Waals surface area contributed by atoms with Gasteiger partial charge >= 0.3 is 0 Å². The van der Waals surface area contributed by atoms with E-state index in [1.165, 1.54) is 25.3 Å². The van der Waals surface area contributed by atoms with Crippen molar-refractivity contribution in [3.8, 4) is 0 Å². The van der Waals surface area contributed by atoms with Gasteiger partial charge in [0.05, 0.1) is 16.6 Å². The highest BCUT2D eigenvalue weighted by Crippen LogP contribution is 2.22. The van der Waals surface area contributed by atoms with Gasteiger partial charge in [0.15, 0.2) is 0 Å². The highest BCUT2D eigenvalue weighted by molar-refractivity contribution is 7.90. The molecule has 1 atom stereocenters. The van der Waals surface area contributed by atoms with E-state index >= 15 is 0 Å². The van der Waals surface area contributed by atoms with Crippen molar-refractivity contribution in [3.63, 3.8) is 0 Å². The van der Waals surface area contributed by atoms with Gasteiger partial charge < -0.3 is 10.1 Å². The molecule has 0 bridgehead atoms. The standard InChI is InChI=1S/C21H21N3O5S/c1-14(29-2)12-23-21(26)18-11-10-16(13-22-18)20(25)24-30(27,28)19-9-5-7-15-6-3-4-8-17(15)19/h3-11,13-14H,12H2,1-2H3,(H,23,26)(H,24,25). The Morgan fingerprint density at radius 1 is 1.03 bits per heavy atom. The minimum atomic E-state index is -4.10. The molecule has 2 N–H and O–H groups in total. The van der Waals surface area contributed by atoms with Crippen LogP contribution in [-0.2, 0) is 14.8 Å². The molecule has 3 aromatic rings. The minimum Gasteiger partial charge on any atom is -0.380 e. The van der Waals surface area contributed by atoms with Crippen LogP contribution in [0, 0.1) is 0 Å². The number of pyridine rings is 1. The summed E-state index contributed by atoms with van der Waals surface area (Å²) in [6, 6.07) is 14.5. The second kappa shape index (κ2) is 9.02. The van der Waals surface area contributed by atoms with Gasteiger partial charge in [-0.05, 0) is 30.5 Å². The van der Waals surface area contributed by atoms with Crippen LogP contribution in [0.25, 0.3) is 10.8 Å². The molecular weight excluding hydrogens is 406 g/mol. The SMILES string of the molecule is COC(C)CNC(=O)c1ccc(C(=O)NS(=O)(=O)c2cccc3ccccc23)cn1. The van der Waals surface area contributed by atoms with Gasteiger partial charge in [0.25, 0.3) is 21.8 Å². The molecule has 30 heavy (non-hydrogen) atoms. The number of aromatic nitrogens is 1. The first kappa shape index (κ1) is 21.4. The average Bonchev–Trinajstić information content (AvgIpc) is 2.76. The molecule has 1 unspecified atom stereocenters. The van der Waals surface area contributed by atoms with Crippen LogP contribution in [0.4, 0.5) is 0 Å². The third-order valence-electron chi connectivity index (χ3n) is 4.48. The fraction of sp³-hybridized carbons (Fsp3) is 0.190. The maximum atomic E-state index is 12.8. The third kappa shape index (κ3) is 4.81. The zero-order valence-electron chi connectivity index (χ0n) is 16.5. The topological polar surface area (TPSA) is 114 Å². The fourth-order valence-electron chi connectivity index (χ4n) is 2.74. The smallest absolute Gasteiger partial charge is 0.269 e. The lowest BCUT2D eigenvalue weighted by Gasteiger charge is -2.11. The molecule has 9 heteroatoms. The molecule has 3 rings (SSSR count). The number of nitrogens with one attached hydrogen (secondary N) is 2. The summed E-state index contributed by atoms with van der Waals surface area (Å²) in [5, 5.41) is 3.91. The summed E-state index contributed by atoms with van der Waals surface area (Å²) in [6.07, 6.45) is 1.00. The Balaban J connectivity index is 1.74. The Morgan fingerprint density at radius 2 is 1.77 bits per heavy atom. The zero-order chi connectivity index (χ0) is 21.7. The van der Waals surface area contributed by atoms with Crippen LogP contribution in [0.2, 0.25) is 0 Å². The molecule has 2 aromatic carbocycles. The van der Waals surface area contributed by atoms with Crippen molar-refractivity contribution >= 4 is 32.6 Å². The minimum absolute atomic E-state index is 0.00479. The van der Waals surface area contributed by atoms with E-state index in [0.717, 1.165) is 11.6 Å². The molecule has 2 amide bonds. The van der Waals surface area contributed by atoms with E-state index in [1.54, 1.807) is 43.3 Å². The molecule has 0 saturated heterocycles. The summed E-state index contributed by atoms with van der Waals surface area (Å²) in [7, 11) is -2.57. The number of hydrogen-bond acceptors (Lipinski definition) is 6. The predicted octanol–water partition coefficient (Wildman–Crippen LogP) is 2.12. The maximum Gasteiger partial charge on any atom is 0.269 e. The van der Waals surface area contributed by atoms with E-state index in [4.69, 9.17) is 4.74 Å². The first-order chi connectivity index (χ1) is 14.3. The van der Waals surface area contributed by atoms with Crippen molar-refractivity contribution in [2.24, 2.45) is 0 Å². The van der Waals surface area contributed by atoms with Crippen LogP contribution in [-0.4, -0.2) is 45.0 Å². The summed E-state index contributed by atoms with van der Waals surface area (Å²) < 4.78 is 32.6. The Morgan fingerprint density at radius 3 is 2.47 bits per heavy atom. The number of sulfonamides is 1. The lowest BCUT2D eigenvalue weighted by molar-refractivity contribution is 0.0865. The third-order valence-corrected chi connectivity index (χ3v) is 5.87. The normalized spacial score (nSPS) is 12.3. The van der Waals surface area contributed by atoms with Crippen LogP contribution in [0.1, 0.15) is 27.8 Å². The molecule has 0 radical (unpaired) electrons. The van der Waals surface area contributed by atoms with Crippen molar-refractivity contribution in [2.75, 3.05) is 13.7 Å².